The van der Waals surface area contributed by atoms with Crippen LogP contribution in [0.4, 0.5) is 4.79 Å². The standard InChI is InChI=1S/C23H25NO2/c1-2-18-23(19-12-6-3-7-13-19,20-14-8-4-9-15-20)24(22(25)26)21-16-10-5-11-17-21/h3-4,6-9,12-15,21H,5,10-11,16-17H2,1H3,(H,25,26). The van der Waals surface area contributed by atoms with Gasteiger partial charge in [0.1, 0.15) is 0 Å². The summed E-state index contributed by atoms with van der Waals surface area (Å²) >= 11 is 0. The van der Waals surface area contributed by atoms with E-state index in [1.807, 2.05) is 60.7 Å². The maximum atomic E-state index is 12.5. The summed E-state index contributed by atoms with van der Waals surface area (Å²) in [6, 6.07) is 19.6. The van der Waals surface area contributed by atoms with Crippen molar-refractivity contribution in [2.24, 2.45) is 0 Å². The summed E-state index contributed by atoms with van der Waals surface area (Å²) in [6.07, 6.45) is 4.17. The zero-order valence-electron chi connectivity index (χ0n) is 15.2. The fraction of sp³-hybridized carbons (Fsp3) is 0.348. The molecule has 1 fully saturated rings. The van der Waals surface area contributed by atoms with E-state index in [9.17, 15) is 9.90 Å². The molecule has 3 rings (SSSR count). The van der Waals surface area contributed by atoms with Gasteiger partial charge in [0.15, 0.2) is 5.54 Å². The molecule has 1 aliphatic carbocycles. The fourth-order valence-corrected chi connectivity index (χ4v) is 4.10. The van der Waals surface area contributed by atoms with Crippen LogP contribution < -0.4 is 0 Å². The highest BCUT2D eigenvalue weighted by atomic mass is 16.4. The molecule has 2 aromatic rings. The lowest BCUT2D eigenvalue weighted by Crippen LogP contribution is -2.54. The number of amides is 1. The van der Waals surface area contributed by atoms with Crippen LogP contribution in [0.15, 0.2) is 60.7 Å². The lowest BCUT2D eigenvalue weighted by Gasteiger charge is -2.45. The number of hydrogen-bond acceptors (Lipinski definition) is 1. The van der Waals surface area contributed by atoms with E-state index in [1.165, 1.54) is 6.42 Å². The fourth-order valence-electron chi connectivity index (χ4n) is 4.10. The van der Waals surface area contributed by atoms with E-state index >= 15 is 0 Å². The van der Waals surface area contributed by atoms with E-state index < -0.39 is 11.6 Å². The minimum Gasteiger partial charge on any atom is -0.465 e. The molecular weight excluding hydrogens is 322 g/mol. The van der Waals surface area contributed by atoms with Crippen molar-refractivity contribution in [1.82, 2.24) is 4.90 Å². The average Bonchev–Trinajstić information content (AvgIpc) is 2.69. The quantitative estimate of drug-likeness (QED) is 0.766. The third-order valence-corrected chi connectivity index (χ3v) is 5.20. The van der Waals surface area contributed by atoms with Crippen LogP contribution in [0.3, 0.4) is 0 Å². The summed E-state index contributed by atoms with van der Waals surface area (Å²) in [5.41, 5.74) is 0.799. The van der Waals surface area contributed by atoms with Crippen molar-refractivity contribution in [3.63, 3.8) is 0 Å². The monoisotopic (exact) mass is 347 g/mol. The maximum Gasteiger partial charge on any atom is 0.409 e. The molecule has 3 heteroatoms. The second-order valence-electron chi connectivity index (χ2n) is 6.76. The predicted molar refractivity (Wildman–Crippen MR) is 104 cm³/mol. The zero-order chi connectivity index (χ0) is 18.4. The average molecular weight is 347 g/mol. The molecule has 0 bridgehead atoms. The molecule has 26 heavy (non-hydrogen) atoms. The molecule has 0 aliphatic heterocycles. The molecule has 0 spiro atoms. The molecule has 134 valence electrons. The van der Waals surface area contributed by atoms with Crippen molar-refractivity contribution in [3.05, 3.63) is 71.8 Å². The highest BCUT2D eigenvalue weighted by molar-refractivity contribution is 5.70. The zero-order valence-corrected chi connectivity index (χ0v) is 15.2. The van der Waals surface area contributed by atoms with Crippen LogP contribution in [-0.4, -0.2) is 22.1 Å². The van der Waals surface area contributed by atoms with E-state index in [1.54, 1.807) is 11.8 Å². The van der Waals surface area contributed by atoms with Crippen LogP contribution in [0.1, 0.15) is 50.2 Å². The number of hydrogen-bond donors (Lipinski definition) is 1. The minimum absolute atomic E-state index is 0.0255. The molecule has 2 aromatic carbocycles. The minimum atomic E-state index is -0.995. The van der Waals surface area contributed by atoms with Gasteiger partial charge in [-0.1, -0.05) is 85.8 Å². The Morgan fingerprint density at radius 1 is 0.962 bits per heavy atom. The normalized spacial score (nSPS) is 15.0. The summed E-state index contributed by atoms with van der Waals surface area (Å²) in [5, 5.41) is 10.3. The Balaban J connectivity index is 2.26. The highest BCUT2D eigenvalue weighted by Crippen LogP contribution is 2.40. The van der Waals surface area contributed by atoms with Crippen LogP contribution in [0.25, 0.3) is 0 Å². The molecular formula is C23H25NO2. The Morgan fingerprint density at radius 3 is 1.88 bits per heavy atom. The molecule has 0 heterocycles. The van der Waals surface area contributed by atoms with E-state index in [2.05, 4.69) is 11.8 Å². The van der Waals surface area contributed by atoms with Crippen LogP contribution in [-0.2, 0) is 5.54 Å². The highest BCUT2D eigenvalue weighted by Gasteiger charge is 2.45. The Morgan fingerprint density at radius 2 is 1.46 bits per heavy atom. The number of carboxylic acid groups (broad SMARTS) is 1. The van der Waals surface area contributed by atoms with Crippen molar-refractivity contribution in [2.75, 3.05) is 0 Å². The van der Waals surface area contributed by atoms with Gasteiger partial charge in [-0.05, 0) is 30.9 Å². The number of carbonyl (C=O) groups is 1. The Bertz CT molecular complexity index is 744. The van der Waals surface area contributed by atoms with Crippen molar-refractivity contribution in [1.29, 1.82) is 0 Å². The summed E-state index contributed by atoms with van der Waals surface area (Å²) in [5.74, 6) is 6.33. The first kappa shape index (κ1) is 18.1. The first-order valence-electron chi connectivity index (χ1n) is 9.27. The van der Waals surface area contributed by atoms with Gasteiger partial charge in [-0.25, -0.2) is 4.79 Å². The molecule has 0 saturated heterocycles. The first-order valence-corrected chi connectivity index (χ1v) is 9.27. The maximum absolute atomic E-state index is 12.5. The SMILES string of the molecule is CC#CC(c1ccccc1)(c1ccccc1)N(C(=O)O)C1CCCCC1. The Hall–Kier alpha value is -2.73. The van der Waals surface area contributed by atoms with Crippen molar-refractivity contribution in [2.45, 2.75) is 50.6 Å². The van der Waals surface area contributed by atoms with Gasteiger partial charge in [0, 0.05) is 6.04 Å². The summed E-state index contributed by atoms with van der Waals surface area (Å²) in [4.78, 5) is 14.1. The molecule has 1 N–H and O–H groups in total. The third-order valence-electron chi connectivity index (χ3n) is 5.20. The molecule has 1 aliphatic rings. The van der Waals surface area contributed by atoms with Crippen LogP contribution in [0, 0.1) is 11.8 Å². The van der Waals surface area contributed by atoms with Gasteiger partial charge in [-0.2, -0.15) is 0 Å². The Kier molecular flexibility index (Phi) is 5.63. The molecule has 0 atom stereocenters. The van der Waals surface area contributed by atoms with Crippen molar-refractivity contribution >= 4 is 6.09 Å². The molecule has 1 saturated carbocycles. The van der Waals surface area contributed by atoms with Gasteiger partial charge in [-0.15, -0.1) is 5.92 Å². The van der Waals surface area contributed by atoms with E-state index in [0.717, 1.165) is 36.8 Å². The topological polar surface area (TPSA) is 40.5 Å². The van der Waals surface area contributed by atoms with E-state index in [-0.39, 0.29) is 6.04 Å². The van der Waals surface area contributed by atoms with Crippen LogP contribution in [0.2, 0.25) is 0 Å². The summed E-state index contributed by atoms with van der Waals surface area (Å²) < 4.78 is 0. The van der Waals surface area contributed by atoms with Crippen LogP contribution in [0.5, 0.6) is 0 Å². The predicted octanol–water partition coefficient (Wildman–Crippen LogP) is 5.27. The molecule has 0 unspecified atom stereocenters. The van der Waals surface area contributed by atoms with Gasteiger partial charge >= 0.3 is 6.09 Å². The smallest absolute Gasteiger partial charge is 0.409 e. The van der Waals surface area contributed by atoms with Crippen molar-refractivity contribution in [3.8, 4) is 11.8 Å². The summed E-state index contributed by atoms with van der Waals surface area (Å²) in [7, 11) is 0. The van der Waals surface area contributed by atoms with Gasteiger partial charge in [0.25, 0.3) is 0 Å². The Labute approximate surface area is 155 Å². The summed E-state index contributed by atoms with van der Waals surface area (Å²) in [6.45, 7) is 1.78. The van der Waals surface area contributed by atoms with E-state index in [4.69, 9.17) is 0 Å². The molecule has 3 nitrogen and oxygen atoms in total. The molecule has 0 radical (unpaired) electrons. The second kappa shape index (κ2) is 8.10. The van der Waals surface area contributed by atoms with Gasteiger partial charge < -0.3 is 5.11 Å². The molecule has 1 amide bonds. The molecule has 0 aromatic heterocycles. The lowest BCUT2D eigenvalue weighted by atomic mass is 9.79. The van der Waals surface area contributed by atoms with Gasteiger partial charge in [0.2, 0.25) is 0 Å². The lowest BCUT2D eigenvalue weighted by molar-refractivity contribution is 0.0718. The number of nitrogens with zero attached hydrogens (tertiary/aromatic N) is 1. The van der Waals surface area contributed by atoms with Gasteiger partial charge in [0.05, 0.1) is 0 Å². The number of rotatable bonds is 4. The van der Waals surface area contributed by atoms with Crippen LogP contribution >= 0.6 is 0 Å². The van der Waals surface area contributed by atoms with Gasteiger partial charge in [-0.3, -0.25) is 4.90 Å². The number of benzene rings is 2. The first-order chi connectivity index (χ1) is 12.7. The largest absolute Gasteiger partial charge is 0.465 e. The second-order valence-corrected chi connectivity index (χ2v) is 6.76. The third kappa shape index (κ3) is 3.32. The van der Waals surface area contributed by atoms with E-state index in [0.29, 0.717) is 0 Å². The van der Waals surface area contributed by atoms with Crippen molar-refractivity contribution < 1.29 is 9.90 Å².